The zero-order chi connectivity index (χ0) is 20.0. The van der Waals surface area contributed by atoms with E-state index in [4.69, 9.17) is 16.1 Å². The van der Waals surface area contributed by atoms with Crippen LogP contribution in [0.25, 0.3) is 22.4 Å². The van der Waals surface area contributed by atoms with Crippen LogP contribution >= 0.6 is 11.6 Å². The minimum Gasteiger partial charge on any atom is -0.360 e. The van der Waals surface area contributed by atoms with E-state index in [0.717, 1.165) is 12.1 Å². The number of halogens is 1. The van der Waals surface area contributed by atoms with E-state index in [-0.39, 0.29) is 5.91 Å². The van der Waals surface area contributed by atoms with E-state index in [1.807, 2.05) is 30.3 Å². The van der Waals surface area contributed by atoms with E-state index < -0.39 is 0 Å². The summed E-state index contributed by atoms with van der Waals surface area (Å²) in [5.74, 6) is 0.181. The fraction of sp³-hybridized carbons (Fsp3) is 0.0833. The van der Waals surface area contributed by atoms with E-state index in [0.29, 0.717) is 27.6 Å². The zero-order valence-corrected chi connectivity index (χ0v) is 16.5. The summed E-state index contributed by atoms with van der Waals surface area (Å²) in [6.07, 6.45) is 0.867. The molecule has 0 fully saturated rings. The van der Waals surface area contributed by atoms with Gasteiger partial charge in [0.1, 0.15) is 17.0 Å². The molecule has 4 aromatic rings. The van der Waals surface area contributed by atoms with Gasteiger partial charge in [0.05, 0.1) is 5.02 Å². The van der Waals surface area contributed by atoms with Crippen molar-refractivity contribution in [3.8, 4) is 22.4 Å². The fourth-order valence-electron chi connectivity index (χ4n) is 3.89. The third-order valence-electron chi connectivity index (χ3n) is 5.27. The molecule has 29 heavy (non-hydrogen) atoms. The molecule has 1 aliphatic carbocycles. The highest BCUT2D eigenvalue weighted by Crippen LogP contribution is 2.38. The predicted octanol–water partition coefficient (Wildman–Crippen LogP) is 6.13. The Bertz CT molecular complexity index is 1260. The molecule has 0 unspecified atom stereocenters. The Morgan fingerprint density at radius 3 is 2.52 bits per heavy atom. The zero-order valence-electron chi connectivity index (χ0n) is 15.7. The highest BCUT2D eigenvalue weighted by molar-refractivity contribution is 6.33. The summed E-state index contributed by atoms with van der Waals surface area (Å²) in [7, 11) is 0. The number of aryl methyl sites for hydroxylation is 1. The Labute approximate surface area is 173 Å². The van der Waals surface area contributed by atoms with Gasteiger partial charge in [-0.2, -0.15) is 0 Å². The fourth-order valence-corrected chi connectivity index (χ4v) is 4.12. The Morgan fingerprint density at radius 2 is 1.69 bits per heavy atom. The number of nitrogens with one attached hydrogen (secondary N) is 1. The number of fused-ring (bicyclic) bond motifs is 3. The summed E-state index contributed by atoms with van der Waals surface area (Å²) in [6, 6.07) is 21.7. The minimum absolute atomic E-state index is 0.269. The molecule has 5 heteroatoms. The predicted molar refractivity (Wildman–Crippen MR) is 114 cm³/mol. The average molecular weight is 401 g/mol. The van der Waals surface area contributed by atoms with Crippen molar-refractivity contribution >= 4 is 23.2 Å². The van der Waals surface area contributed by atoms with Crippen molar-refractivity contribution in [2.45, 2.75) is 13.3 Å². The number of nitrogens with zero attached hydrogens (tertiary/aromatic N) is 1. The highest BCUT2D eigenvalue weighted by atomic mass is 35.5. The molecule has 0 saturated heterocycles. The Balaban J connectivity index is 1.46. The number of aromatic nitrogens is 1. The van der Waals surface area contributed by atoms with Gasteiger partial charge in [-0.05, 0) is 53.8 Å². The van der Waals surface area contributed by atoms with E-state index >= 15 is 0 Å². The van der Waals surface area contributed by atoms with Crippen molar-refractivity contribution < 1.29 is 9.32 Å². The number of rotatable bonds is 3. The monoisotopic (exact) mass is 400 g/mol. The third kappa shape index (κ3) is 3.02. The molecule has 0 aliphatic heterocycles. The van der Waals surface area contributed by atoms with Crippen molar-refractivity contribution in [2.24, 2.45) is 0 Å². The maximum absolute atomic E-state index is 13.1. The third-order valence-corrected chi connectivity index (χ3v) is 5.60. The lowest BCUT2D eigenvalue weighted by atomic mass is 10.0. The highest BCUT2D eigenvalue weighted by Gasteiger charge is 2.24. The molecule has 1 heterocycles. The first-order valence-electron chi connectivity index (χ1n) is 9.35. The summed E-state index contributed by atoms with van der Waals surface area (Å²) in [5, 5.41) is 7.58. The first-order chi connectivity index (χ1) is 14.1. The van der Waals surface area contributed by atoms with Crippen LogP contribution in [-0.2, 0) is 6.42 Å². The lowest BCUT2D eigenvalue weighted by Crippen LogP contribution is -2.13. The topological polar surface area (TPSA) is 55.1 Å². The van der Waals surface area contributed by atoms with Gasteiger partial charge in [0.2, 0.25) is 0 Å². The molecule has 5 rings (SSSR count). The molecule has 0 saturated carbocycles. The van der Waals surface area contributed by atoms with Crippen molar-refractivity contribution in [2.75, 3.05) is 5.32 Å². The number of carbonyl (C=O) groups excluding carboxylic acids is 1. The van der Waals surface area contributed by atoms with Gasteiger partial charge in [-0.1, -0.05) is 65.3 Å². The first kappa shape index (κ1) is 17.7. The smallest absolute Gasteiger partial charge is 0.261 e. The first-order valence-corrected chi connectivity index (χ1v) is 9.73. The maximum Gasteiger partial charge on any atom is 0.261 e. The molecule has 1 aromatic heterocycles. The van der Waals surface area contributed by atoms with Gasteiger partial charge in [-0.15, -0.1) is 0 Å². The van der Waals surface area contributed by atoms with E-state index in [1.54, 1.807) is 13.0 Å². The van der Waals surface area contributed by atoms with Crippen molar-refractivity contribution in [1.82, 2.24) is 5.16 Å². The molecular weight excluding hydrogens is 384 g/mol. The summed E-state index contributed by atoms with van der Waals surface area (Å²) in [5.41, 5.74) is 7.24. The van der Waals surface area contributed by atoms with Crippen LogP contribution in [0.2, 0.25) is 5.02 Å². The second kappa shape index (κ2) is 6.90. The summed E-state index contributed by atoms with van der Waals surface area (Å²) < 4.78 is 5.31. The number of anilines is 1. The molecule has 0 radical (unpaired) electrons. The number of hydrogen-bond acceptors (Lipinski definition) is 3. The van der Waals surface area contributed by atoms with Crippen LogP contribution in [0, 0.1) is 6.92 Å². The van der Waals surface area contributed by atoms with Crippen molar-refractivity contribution in [3.63, 3.8) is 0 Å². The molecule has 1 amide bonds. The van der Waals surface area contributed by atoms with Gasteiger partial charge in [0.15, 0.2) is 0 Å². The lowest BCUT2D eigenvalue weighted by Gasteiger charge is -2.09. The Morgan fingerprint density at radius 1 is 0.966 bits per heavy atom. The van der Waals surface area contributed by atoms with Crippen molar-refractivity contribution in [1.29, 1.82) is 0 Å². The van der Waals surface area contributed by atoms with Gasteiger partial charge < -0.3 is 9.84 Å². The second-order valence-electron chi connectivity index (χ2n) is 7.10. The van der Waals surface area contributed by atoms with Gasteiger partial charge in [-0.3, -0.25) is 4.79 Å². The maximum atomic E-state index is 13.1. The number of carbonyl (C=O) groups is 1. The van der Waals surface area contributed by atoms with Gasteiger partial charge in [0, 0.05) is 11.3 Å². The van der Waals surface area contributed by atoms with E-state index in [2.05, 4.69) is 40.8 Å². The number of benzene rings is 3. The summed E-state index contributed by atoms with van der Waals surface area (Å²) in [4.78, 5) is 13.1. The van der Waals surface area contributed by atoms with Crippen LogP contribution in [0.4, 0.5) is 5.69 Å². The molecule has 3 aromatic carbocycles. The molecule has 142 valence electrons. The SMILES string of the molecule is Cc1onc(-c2ccccc2Cl)c1C(=O)Nc1ccc2c(c1)Cc1ccccc1-2. The average Bonchev–Trinajstić information content (AvgIpc) is 3.28. The molecule has 0 atom stereocenters. The van der Waals surface area contributed by atoms with Crippen LogP contribution in [-0.4, -0.2) is 11.1 Å². The number of amides is 1. The summed E-state index contributed by atoms with van der Waals surface area (Å²) in [6.45, 7) is 1.72. The van der Waals surface area contributed by atoms with Gasteiger partial charge in [-0.25, -0.2) is 0 Å². The molecule has 1 N–H and O–H groups in total. The van der Waals surface area contributed by atoms with Gasteiger partial charge >= 0.3 is 0 Å². The quantitative estimate of drug-likeness (QED) is 0.396. The Kier molecular flexibility index (Phi) is 4.22. The normalized spacial score (nSPS) is 11.8. The second-order valence-corrected chi connectivity index (χ2v) is 7.51. The molecule has 0 spiro atoms. The molecule has 0 bridgehead atoms. The number of hydrogen-bond donors (Lipinski definition) is 1. The van der Waals surface area contributed by atoms with E-state index in [1.165, 1.54) is 22.3 Å². The molecular formula is C24H17ClN2O2. The van der Waals surface area contributed by atoms with Crippen LogP contribution in [0.5, 0.6) is 0 Å². The standard InChI is InChI=1S/C24H17ClN2O2/c1-14-22(23(27-29-14)20-8-4-5-9-21(20)25)24(28)26-17-10-11-19-16(13-17)12-15-6-2-3-7-18(15)19/h2-11,13H,12H2,1H3,(H,26,28). The minimum atomic E-state index is -0.269. The lowest BCUT2D eigenvalue weighted by molar-refractivity contribution is 0.102. The molecule has 1 aliphatic rings. The molecule has 4 nitrogen and oxygen atoms in total. The van der Waals surface area contributed by atoms with Gasteiger partial charge in [0.25, 0.3) is 5.91 Å². The van der Waals surface area contributed by atoms with Crippen LogP contribution in [0.1, 0.15) is 27.2 Å². The van der Waals surface area contributed by atoms with Crippen LogP contribution < -0.4 is 5.32 Å². The summed E-state index contributed by atoms with van der Waals surface area (Å²) >= 11 is 6.30. The van der Waals surface area contributed by atoms with Crippen molar-refractivity contribution in [3.05, 3.63) is 94.2 Å². The van der Waals surface area contributed by atoms with Crippen LogP contribution in [0.15, 0.2) is 71.3 Å². The Hall–Kier alpha value is -3.37. The van der Waals surface area contributed by atoms with E-state index in [9.17, 15) is 4.79 Å². The van der Waals surface area contributed by atoms with Crippen LogP contribution in [0.3, 0.4) is 0 Å². The largest absolute Gasteiger partial charge is 0.360 e.